The molecule has 0 atom stereocenters. The van der Waals surface area contributed by atoms with Gasteiger partial charge >= 0.3 is 0 Å². The van der Waals surface area contributed by atoms with Crippen LogP contribution in [0.2, 0.25) is 0 Å². The Kier molecular flexibility index (Phi) is 23.0. The van der Waals surface area contributed by atoms with Crippen LogP contribution < -0.4 is 10.2 Å². The van der Waals surface area contributed by atoms with E-state index in [0.717, 1.165) is 32.9 Å². The molecule has 4 heterocycles. The number of anilines is 5. The molecule has 2 aliphatic rings. The van der Waals surface area contributed by atoms with Gasteiger partial charge in [-0.1, -0.05) is 412 Å². The van der Waals surface area contributed by atoms with Gasteiger partial charge in [-0.05, 0) is 268 Å². The summed E-state index contributed by atoms with van der Waals surface area (Å²) in [7, 11) is 0. The first kappa shape index (κ1) is 85.7. The van der Waals surface area contributed by atoms with Crippen molar-refractivity contribution in [1.82, 2.24) is 9.13 Å². The van der Waals surface area contributed by atoms with Crippen molar-refractivity contribution in [3.05, 3.63) is 583 Å². The highest BCUT2D eigenvalue weighted by molar-refractivity contribution is 9.10. The fraction of sp³-hybridized carbons (Fsp3) is 0.0229. The molecular weight excluding hydrogens is 1770 g/mol. The maximum atomic E-state index is 3.64. The summed E-state index contributed by atoms with van der Waals surface area (Å²) in [6.07, 6.45) is 0. The van der Waals surface area contributed by atoms with Crippen molar-refractivity contribution in [2.45, 2.75) is 18.3 Å². The minimum absolute atomic E-state index is 0. The Morgan fingerprint density at radius 3 is 1.03 bits per heavy atom. The van der Waals surface area contributed by atoms with Crippen LogP contribution in [-0.2, 0) is 10.8 Å². The molecule has 0 saturated heterocycles. The average Bonchev–Trinajstić information content (AvgIpc) is 1.54. The van der Waals surface area contributed by atoms with Crippen molar-refractivity contribution < 1.29 is 0 Å². The Labute approximate surface area is 822 Å². The molecule has 24 aromatic rings. The molecule has 7 heteroatoms. The van der Waals surface area contributed by atoms with Crippen molar-refractivity contribution in [2.24, 2.45) is 0 Å². The van der Waals surface area contributed by atoms with E-state index in [2.05, 4.69) is 545 Å². The SMILES string of the molecule is Brc1cccc(-c2cccc(-c3ccc4c(c3)c3ccccc3n4-c3ccc4c(c3)-c3ccccc3C4(c3ccccc3)c3ccccc3)c2)c1.C.c1ccc(-c2ccc(N(c3ccccc3)c3cccc(-c4cccc(-c5ccc6c(c5)c5ccccc5n6-c5ccc6c(c5)-c5ccccc5C6(c5ccccc5)c5ccccc5)c4)c3)s2)cc1.c1ccc(Nc2ccc(-c3ccccc3)s2)cc1. The minimum Gasteiger partial charge on any atom is -0.347 e. The third-order valence-electron chi connectivity index (χ3n) is 27.3. The van der Waals surface area contributed by atoms with Crippen LogP contribution in [0.5, 0.6) is 0 Å². The smallest absolute Gasteiger partial charge is 0.101 e. The van der Waals surface area contributed by atoms with Gasteiger partial charge in [0.05, 0.1) is 37.9 Å². The number of halogens is 1. The van der Waals surface area contributed by atoms with E-state index in [1.54, 1.807) is 11.3 Å². The Bertz CT molecular complexity index is 8480. The van der Waals surface area contributed by atoms with Gasteiger partial charge in [0.2, 0.25) is 0 Å². The number of aromatic nitrogens is 2. The lowest BCUT2D eigenvalue weighted by atomic mass is 9.68. The maximum absolute atomic E-state index is 3.64. The fourth-order valence-electron chi connectivity index (χ4n) is 21.3. The zero-order chi connectivity index (χ0) is 91.2. The topological polar surface area (TPSA) is 25.1 Å². The molecule has 0 spiro atoms. The molecule has 0 radical (unpaired) electrons. The summed E-state index contributed by atoms with van der Waals surface area (Å²) >= 11 is 7.22. The number of hydrogen-bond acceptors (Lipinski definition) is 4. The summed E-state index contributed by atoms with van der Waals surface area (Å²) in [5, 5.41) is 10.7. The van der Waals surface area contributed by atoms with Crippen LogP contribution in [0.1, 0.15) is 51.9 Å². The number of nitrogens with one attached hydrogen (secondary N) is 1. The number of thiophene rings is 2. The third kappa shape index (κ3) is 15.4. The highest BCUT2D eigenvalue weighted by Crippen LogP contribution is 2.59. The van der Waals surface area contributed by atoms with Crippen molar-refractivity contribution in [3.63, 3.8) is 0 Å². The first-order valence-corrected chi connectivity index (χ1v) is 49.1. The number of benzene rings is 20. The molecule has 2 aliphatic carbocycles. The van der Waals surface area contributed by atoms with E-state index in [9.17, 15) is 0 Å². The zero-order valence-corrected chi connectivity index (χ0v) is 78.1. The molecule has 0 aliphatic heterocycles. The van der Waals surface area contributed by atoms with Crippen LogP contribution >= 0.6 is 38.6 Å². The lowest BCUT2D eigenvalue weighted by Crippen LogP contribution is -2.28. The molecule has 4 nitrogen and oxygen atoms in total. The second-order valence-corrected chi connectivity index (χ2v) is 38.2. The van der Waals surface area contributed by atoms with Crippen LogP contribution in [0, 0.1) is 0 Å². The van der Waals surface area contributed by atoms with E-state index in [1.165, 1.54) is 186 Å². The standard InChI is InChI=1S/C65H44N2S.C49H32BrN.C16H13NS.CH4/c1-5-19-45(20-6-1)63-39-40-64(68-63)66(52-28-11-4-12-29-52)53-30-18-23-48(42-53)46-21-17-22-47(41-46)49-35-38-62-58(43-49)56-32-14-16-34-61(56)67(62)54-36-37-60-57(44-54)55-31-13-15-33-59(55)65(60,50-24-7-2-8-25-50)51-26-9-3-10-27-51;50-39-20-12-15-35(30-39)33-13-11-14-34(29-33)36-25-28-48-44(31-36)42-22-8-10-24-47(42)51(48)40-26-27-46-43(32-40)41-21-7-9-23-45(41)49(46,37-16-3-1-4-17-37)38-18-5-2-6-19-38;1-3-7-13(8-4-1)15-11-12-16(18-15)17-14-9-5-2-6-10-14;/h1-44H;1-32H;1-12,17H;1H4. The van der Waals surface area contributed by atoms with E-state index >= 15 is 0 Å². The predicted molar refractivity (Wildman–Crippen MR) is 590 cm³/mol. The Hall–Kier alpha value is -16.5. The second kappa shape index (κ2) is 37.0. The van der Waals surface area contributed by atoms with Gasteiger partial charge in [-0.2, -0.15) is 0 Å². The summed E-state index contributed by atoms with van der Waals surface area (Å²) in [6.45, 7) is 0. The molecule has 0 amide bonds. The van der Waals surface area contributed by atoms with E-state index < -0.39 is 10.8 Å². The van der Waals surface area contributed by atoms with Crippen molar-refractivity contribution in [1.29, 1.82) is 0 Å². The number of nitrogens with zero attached hydrogens (tertiary/aromatic N) is 3. The molecule has 0 saturated carbocycles. The van der Waals surface area contributed by atoms with Gasteiger partial charge in [0.1, 0.15) is 5.00 Å². The molecule has 0 fully saturated rings. The minimum atomic E-state index is -0.434. The lowest BCUT2D eigenvalue weighted by Gasteiger charge is -2.33. The summed E-state index contributed by atoms with van der Waals surface area (Å²) in [5.74, 6) is 0. The van der Waals surface area contributed by atoms with Gasteiger partial charge in [-0.25, -0.2) is 0 Å². The van der Waals surface area contributed by atoms with Crippen molar-refractivity contribution in [2.75, 3.05) is 10.2 Å². The van der Waals surface area contributed by atoms with E-state index in [1.807, 2.05) is 35.6 Å². The van der Waals surface area contributed by atoms with E-state index in [-0.39, 0.29) is 7.43 Å². The van der Waals surface area contributed by atoms with E-state index in [0.29, 0.717) is 0 Å². The number of fused-ring (bicyclic) bond motifs is 12. The van der Waals surface area contributed by atoms with Crippen LogP contribution in [0.3, 0.4) is 0 Å². The van der Waals surface area contributed by atoms with Crippen LogP contribution in [0.4, 0.5) is 27.1 Å². The van der Waals surface area contributed by atoms with Gasteiger partial charge in [-0.3, -0.25) is 0 Å². The fourth-order valence-corrected chi connectivity index (χ4v) is 23.7. The van der Waals surface area contributed by atoms with Gasteiger partial charge in [-0.15, -0.1) is 22.7 Å². The molecule has 138 heavy (non-hydrogen) atoms. The predicted octanol–water partition coefficient (Wildman–Crippen LogP) is 36.7. The summed E-state index contributed by atoms with van der Waals surface area (Å²) in [6, 6.07) is 194. The molecule has 26 rings (SSSR count). The number of rotatable bonds is 17. The summed E-state index contributed by atoms with van der Waals surface area (Å²) in [5.41, 5.74) is 37.2. The number of para-hydroxylation sites is 4. The Morgan fingerprint density at radius 1 is 0.225 bits per heavy atom. The summed E-state index contributed by atoms with van der Waals surface area (Å²) < 4.78 is 5.99. The first-order valence-electron chi connectivity index (χ1n) is 46.7. The number of hydrogen-bond donors (Lipinski definition) is 1. The zero-order valence-electron chi connectivity index (χ0n) is 74.8. The van der Waals surface area contributed by atoms with Gasteiger partial charge in [0, 0.05) is 64.2 Å². The first-order chi connectivity index (χ1) is 67.8. The quantitative estimate of drug-likeness (QED) is 0.0983. The van der Waals surface area contributed by atoms with Crippen LogP contribution in [0.25, 0.3) is 143 Å². The Balaban J connectivity index is 0.000000133. The van der Waals surface area contributed by atoms with Crippen molar-refractivity contribution >= 4 is 109 Å². The molecule has 20 aromatic carbocycles. The maximum Gasteiger partial charge on any atom is 0.101 e. The molecule has 0 unspecified atom stereocenters. The van der Waals surface area contributed by atoms with Crippen LogP contribution in [0.15, 0.2) is 538 Å². The van der Waals surface area contributed by atoms with Crippen LogP contribution in [-0.4, -0.2) is 9.13 Å². The van der Waals surface area contributed by atoms with Crippen molar-refractivity contribution in [3.8, 4) is 99.0 Å². The molecule has 0 bridgehead atoms. The summed E-state index contributed by atoms with van der Waals surface area (Å²) in [4.78, 5) is 4.91. The Morgan fingerprint density at radius 2 is 0.565 bits per heavy atom. The lowest BCUT2D eigenvalue weighted by molar-refractivity contribution is 0.768. The largest absolute Gasteiger partial charge is 0.347 e. The second-order valence-electron chi connectivity index (χ2n) is 35.1. The molecule has 656 valence electrons. The van der Waals surface area contributed by atoms with Gasteiger partial charge < -0.3 is 19.4 Å². The molecule has 4 aromatic heterocycles. The van der Waals surface area contributed by atoms with E-state index in [4.69, 9.17) is 0 Å². The third-order valence-corrected chi connectivity index (χ3v) is 30.0. The normalized spacial score (nSPS) is 12.3. The highest BCUT2D eigenvalue weighted by atomic mass is 79.9. The molecule has 1 N–H and O–H groups in total. The van der Waals surface area contributed by atoms with Gasteiger partial charge in [0.15, 0.2) is 0 Å². The van der Waals surface area contributed by atoms with Gasteiger partial charge in [0.25, 0.3) is 0 Å². The highest BCUT2D eigenvalue weighted by Gasteiger charge is 2.48. The average molecular weight is 1870 g/mol. The monoisotopic (exact) mass is 1860 g/mol. The molecular formula is C131H93BrN4S2.